The monoisotopic (exact) mass is 281 g/mol. The van der Waals surface area contributed by atoms with Gasteiger partial charge in [0.1, 0.15) is 0 Å². The minimum Gasteiger partial charge on any atom is -0.341 e. The fourth-order valence-corrected chi connectivity index (χ4v) is 3.29. The van der Waals surface area contributed by atoms with Crippen molar-refractivity contribution in [3.8, 4) is 0 Å². The summed E-state index contributed by atoms with van der Waals surface area (Å²) in [5, 5.41) is 7.41. The molecule has 3 rings (SSSR count). The van der Waals surface area contributed by atoms with Crippen LogP contribution < -0.4 is 4.90 Å². The van der Waals surface area contributed by atoms with Gasteiger partial charge in [-0.15, -0.1) is 5.10 Å². The Kier molecular flexibility index (Phi) is 3.62. The van der Waals surface area contributed by atoms with Gasteiger partial charge in [0, 0.05) is 25.7 Å². The van der Waals surface area contributed by atoms with E-state index in [2.05, 4.69) is 38.7 Å². The van der Waals surface area contributed by atoms with Gasteiger partial charge in [-0.05, 0) is 57.9 Å². The van der Waals surface area contributed by atoms with Crippen LogP contribution in [-0.4, -0.2) is 53.4 Å². The highest BCUT2D eigenvalue weighted by molar-refractivity contribution is 7.71. The van der Waals surface area contributed by atoms with E-state index >= 15 is 0 Å². The summed E-state index contributed by atoms with van der Waals surface area (Å²) in [6.45, 7) is 3.40. The molecule has 0 atom stereocenters. The number of aromatic amines is 1. The van der Waals surface area contributed by atoms with Gasteiger partial charge in [0.25, 0.3) is 0 Å². The van der Waals surface area contributed by atoms with Crippen molar-refractivity contribution in [1.82, 2.24) is 19.7 Å². The van der Waals surface area contributed by atoms with Gasteiger partial charge in [-0.3, -0.25) is 4.57 Å². The van der Waals surface area contributed by atoms with Gasteiger partial charge < -0.3 is 9.80 Å². The summed E-state index contributed by atoms with van der Waals surface area (Å²) in [6, 6.07) is 0.598. The van der Waals surface area contributed by atoms with Gasteiger partial charge in [-0.1, -0.05) is 0 Å². The van der Waals surface area contributed by atoms with Crippen LogP contribution >= 0.6 is 12.2 Å². The molecule has 1 aromatic heterocycles. The third kappa shape index (κ3) is 2.84. The number of hydrogen-bond donors (Lipinski definition) is 1. The molecule has 5 nitrogen and oxygen atoms in total. The second kappa shape index (κ2) is 5.25. The number of nitrogens with one attached hydrogen (secondary N) is 1. The predicted molar refractivity (Wildman–Crippen MR) is 79.2 cm³/mol. The lowest BCUT2D eigenvalue weighted by Gasteiger charge is -2.33. The smallest absolute Gasteiger partial charge is 0.225 e. The highest BCUT2D eigenvalue weighted by Crippen LogP contribution is 2.38. The third-order valence-corrected chi connectivity index (χ3v) is 4.41. The molecule has 1 aliphatic carbocycles. The average Bonchev–Trinajstić information content (AvgIpc) is 3.13. The topological polar surface area (TPSA) is 40.1 Å². The van der Waals surface area contributed by atoms with Crippen LogP contribution in [0.2, 0.25) is 0 Å². The van der Waals surface area contributed by atoms with E-state index in [-0.39, 0.29) is 0 Å². The predicted octanol–water partition coefficient (Wildman–Crippen LogP) is 2.05. The van der Waals surface area contributed by atoms with Crippen molar-refractivity contribution >= 4 is 18.2 Å². The van der Waals surface area contributed by atoms with Gasteiger partial charge >= 0.3 is 0 Å². The van der Waals surface area contributed by atoms with Crippen LogP contribution in [0, 0.1) is 10.7 Å². The minimum absolute atomic E-state index is 0.598. The Hall–Kier alpha value is -0.880. The zero-order chi connectivity index (χ0) is 13.4. The minimum atomic E-state index is 0.598. The van der Waals surface area contributed by atoms with E-state index in [0.717, 1.165) is 29.7 Å². The standard InChI is InChI=1S/C13H23N5S/c1-16(2)9-10-5-7-17(8-6-10)12-14-15-13(19)18(12)11-3-4-11/h10-11H,3-9H2,1-2H3,(H,15,19). The molecule has 2 aliphatic rings. The van der Waals surface area contributed by atoms with Gasteiger partial charge in [-0.25, -0.2) is 5.10 Å². The molecule has 0 spiro atoms. The molecule has 2 heterocycles. The molecule has 1 N–H and O–H groups in total. The molecule has 106 valence electrons. The fourth-order valence-electron chi connectivity index (χ4n) is 3.01. The van der Waals surface area contributed by atoms with E-state index in [1.807, 2.05) is 0 Å². The molecular formula is C13H23N5S. The van der Waals surface area contributed by atoms with E-state index in [0.29, 0.717) is 6.04 Å². The zero-order valence-electron chi connectivity index (χ0n) is 11.8. The fraction of sp³-hybridized carbons (Fsp3) is 0.846. The Balaban J connectivity index is 1.67. The number of H-pyrrole nitrogens is 1. The number of aromatic nitrogens is 3. The van der Waals surface area contributed by atoms with Crippen LogP contribution in [0.1, 0.15) is 31.7 Å². The van der Waals surface area contributed by atoms with E-state index in [9.17, 15) is 0 Å². The van der Waals surface area contributed by atoms with Crippen LogP contribution in [-0.2, 0) is 0 Å². The third-order valence-electron chi connectivity index (χ3n) is 4.12. The molecule has 6 heteroatoms. The summed E-state index contributed by atoms with van der Waals surface area (Å²) in [7, 11) is 4.31. The SMILES string of the molecule is CN(C)CC1CCN(c2n[nH]c(=S)n2C2CC2)CC1. The van der Waals surface area contributed by atoms with Crippen molar-refractivity contribution in [2.24, 2.45) is 5.92 Å². The Labute approximate surface area is 119 Å². The number of nitrogens with zero attached hydrogens (tertiary/aromatic N) is 4. The van der Waals surface area contributed by atoms with Gasteiger partial charge in [0.15, 0.2) is 4.77 Å². The molecule has 0 bridgehead atoms. The lowest BCUT2D eigenvalue weighted by Crippen LogP contribution is -2.38. The maximum atomic E-state index is 5.35. The maximum absolute atomic E-state index is 5.35. The quantitative estimate of drug-likeness (QED) is 0.858. The van der Waals surface area contributed by atoms with E-state index in [4.69, 9.17) is 12.2 Å². The largest absolute Gasteiger partial charge is 0.341 e. The second-order valence-electron chi connectivity index (χ2n) is 6.12. The summed E-state index contributed by atoms with van der Waals surface area (Å²) in [6.07, 6.45) is 5.00. The first-order chi connectivity index (χ1) is 9.15. The molecule has 0 radical (unpaired) electrons. The number of anilines is 1. The first kappa shape index (κ1) is 13.1. The highest BCUT2D eigenvalue weighted by atomic mass is 32.1. The molecule has 1 saturated carbocycles. The first-order valence-electron chi connectivity index (χ1n) is 7.21. The van der Waals surface area contributed by atoms with Crippen molar-refractivity contribution in [2.75, 3.05) is 38.6 Å². The lowest BCUT2D eigenvalue weighted by molar-refractivity contribution is 0.283. The molecule has 19 heavy (non-hydrogen) atoms. The van der Waals surface area contributed by atoms with Gasteiger partial charge in [0.05, 0.1) is 0 Å². The van der Waals surface area contributed by atoms with Crippen molar-refractivity contribution in [3.63, 3.8) is 0 Å². The summed E-state index contributed by atoms with van der Waals surface area (Å²) in [5.41, 5.74) is 0. The van der Waals surface area contributed by atoms with Crippen LogP contribution in [0.3, 0.4) is 0 Å². The normalized spacial score (nSPS) is 21.3. The molecule has 1 aromatic rings. The van der Waals surface area contributed by atoms with Gasteiger partial charge in [0.2, 0.25) is 5.95 Å². The van der Waals surface area contributed by atoms with Gasteiger partial charge in [-0.2, -0.15) is 0 Å². The van der Waals surface area contributed by atoms with Crippen molar-refractivity contribution in [1.29, 1.82) is 0 Å². The Bertz CT molecular complexity index is 479. The zero-order valence-corrected chi connectivity index (χ0v) is 12.6. The summed E-state index contributed by atoms with van der Waals surface area (Å²) in [4.78, 5) is 4.69. The number of piperidine rings is 1. The summed E-state index contributed by atoms with van der Waals surface area (Å²) >= 11 is 5.35. The maximum Gasteiger partial charge on any atom is 0.225 e. The van der Waals surface area contributed by atoms with Crippen molar-refractivity contribution < 1.29 is 0 Å². The van der Waals surface area contributed by atoms with Crippen LogP contribution in [0.5, 0.6) is 0 Å². The molecule has 0 aromatic carbocycles. The molecule has 1 saturated heterocycles. The molecule has 0 amide bonds. The van der Waals surface area contributed by atoms with E-state index in [1.54, 1.807) is 0 Å². The molecule has 1 aliphatic heterocycles. The summed E-state index contributed by atoms with van der Waals surface area (Å²) in [5.74, 6) is 1.89. The lowest BCUT2D eigenvalue weighted by atomic mass is 9.97. The van der Waals surface area contributed by atoms with E-state index < -0.39 is 0 Å². The van der Waals surface area contributed by atoms with E-state index in [1.165, 1.54) is 32.2 Å². The Morgan fingerprint density at radius 3 is 2.53 bits per heavy atom. The highest BCUT2D eigenvalue weighted by Gasteiger charge is 2.30. The average molecular weight is 281 g/mol. The van der Waals surface area contributed by atoms with Crippen LogP contribution in [0.15, 0.2) is 0 Å². The Morgan fingerprint density at radius 1 is 1.26 bits per heavy atom. The van der Waals surface area contributed by atoms with Crippen LogP contribution in [0.4, 0.5) is 5.95 Å². The molecule has 2 fully saturated rings. The molecule has 0 unspecified atom stereocenters. The molecular weight excluding hydrogens is 258 g/mol. The first-order valence-corrected chi connectivity index (χ1v) is 7.62. The number of hydrogen-bond acceptors (Lipinski definition) is 4. The van der Waals surface area contributed by atoms with Crippen molar-refractivity contribution in [2.45, 2.75) is 31.7 Å². The van der Waals surface area contributed by atoms with Crippen molar-refractivity contribution in [3.05, 3.63) is 4.77 Å². The summed E-state index contributed by atoms with van der Waals surface area (Å²) < 4.78 is 3.01. The number of rotatable bonds is 4. The van der Waals surface area contributed by atoms with Crippen LogP contribution in [0.25, 0.3) is 0 Å². The Morgan fingerprint density at radius 2 is 1.95 bits per heavy atom. The second-order valence-corrected chi connectivity index (χ2v) is 6.51.